The summed E-state index contributed by atoms with van der Waals surface area (Å²) < 4.78 is 0. The van der Waals surface area contributed by atoms with Gasteiger partial charge < -0.3 is 5.11 Å². The molecule has 0 amide bonds. The highest BCUT2D eigenvalue weighted by molar-refractivity contribution is 6.33. The molecule has 3 nitrogen and oxygen atoms in total. The van der Waals surface area contributed by atoms with Gasteiger partial charge in [0.05, 0.1) is 0 Å². The summed E-state index contributed by atoms with van der Waals surface area (Å²) in [4.78, 5) is 21.2. The molecule has 68 valence electrons. The van der Waals surface area contributed by atoms with E-state index < -0.39 is 11.8 Å². The Morgan fingerprint density at radius 1 is 1.58 bits per heavy atom. The first-order chi connectivity index (χ1) is 5.63. The van der Waals surface area contributed by atoms with E-state index in [0.29, 0.717) is 19.3 Å². The average Bonchev–Trinajstić information content (AvgIpc) is 2.05. The lowest BCUT2D eigenvalue weighted by Crippen LogP contribution is -2.22. The van der Waals surface area contributed by atoms with E-state index in [0.717, 1.165) is 0 Å². The Bertz CT molecular complexity index is 184. The Morgan fingerprint density at radius 2 is 2.17 bits per heavy atom. The van der Waals surface area contributed by atoms with Crippen LogP contribution in [0.3, 0.4) is 0 Å². The SMILES string of the molecule is C=CCCC(CC)C(=O)C(=O)O. The molecule has 0 aromatic heterocycles. The third-order valence-electron chi connectivity index (χ3n) is 1.79. The molecule has 3 heteroatoms. The monoisotopic (exact) mass is 170 g/mol. The van der Waals surface area contributed by atoms with Crippen LogP contribution >= 0.6 is 0 Å². The Hall–Kier alpha value is -1.12. The van der Waals surface area contributed by atoms with Crippen LogP contribution in [-0.4, -0.2) is 16.9 Å². The van der Waals surface area contributed by atoms with Crippen molar-refractivity contribution in [2.75, 3.05) is 0 Å². The molecule has 1 atom stereocenters. The van der Waals surface area contributed by atoms with E-state index in [2.05, 4.69) is 6.58 Å². The van der Waals surface area contributed by atoms with Gasteiger partial charge in [-0.15, -0.1) is 6.58 Å². The van der Waals surface area contributed by atoms with Crippen molar-refractivity contribution in [1.82, 2.24) is 0 Å². The van der Waals surface area contributed by atoms with Gasteiger partial charge >= 0.3 is 5.97 Å². The summed E-state index contributed by atoms with van der Waals surface area (Å²) in [5.41, 5.74) is 0. The molecule has 12 heavy (non-hydrogen) atoms. The number of rotatable bonds is 6. The number of hydrogen-bond donors (Lipinski definition) is 1. The summed E-state index contributed by atoms with van der Waals surface area (Å²) in [6.07, 6.45) is 3.55. The first kappa shape index (κ1) is 10.9. The topological polar surface area (TPSA) is 54.4 Å². The molecule has 0 heterocycles. The van der Waals surface area contributed by atoms with Gasteiger partial charge in [0.2, 0.25) is 5.78 Å². The number of hydrogen-bond acceptors (Lipinski definition) is 2. The zero-order valence-electron chi connectivity index (χ0n) is 7.25. The van der Waals surface area contributed by atoms with Crippen LogP contribution in [0.25, 0.3) is 0 Å². The molecule has 0 bridgehead atoms. The van der Waals surface area contributed by atoms with Gasteiger partial charge in [-0.05, 0) is 19.3 Å². The Balaban J connectivity index is 4.04. The summed E-state index contributed by atoms with van der Waals surface area (Å²) >= 11 is 0. The first-order valence-electron chi connectivity index (χ1n) is 4.01. The van der Waals surface area contributed by atoms with Crippen molar-refractivity contribution in [1.29, 1.82) is 0 Å². The predicted octanol–water partition coefficient (Wildman–Crippen LogP) is 1.63. The third kappa shape index (κ3) is 3.32. The summed E-state index contributed by atoms with van der Waals surface area (Å²) in [5.74, 6) is -2.36. The van der Waals surface area contributed by atoms with E-state index >= 15 is 0 Å². The molecule has 0 aliphatic carbocycles. The molecular formula is C9H14O3. The normalized spacial score (nSPS) is 12.1. The number of carboxylic acids is 1. The largest absolute Gasteiger partial charge is 0.475 e. The van der Waals surface area contributed by atoms with Gasteiger partial charge in [-0.25, -0.2) is 4.79 Å². The number of carbonyl (C=O) groups is 2. The molecule has 0 saturated carbocycles. The van der Waals surface area contributed by atoms with Crippen molar-refractivity contribution in [3.63, 3.8) is 0 Å². The minimum Gasteiger partial charge on any atom is -0.475 e. The molecule has 0 aliphatic heterocycles. The molecule has 0 rings (SSSR count). The zero-order valence-corrected chi connectivity index (χ0v) is 7.25. The van der Waals surface area contributed by atoms with Gasteiger partial charge in [0, 0.05) is 5.92 Å². The number of allylic oxidation sites excluding steroid dienone is 1. The molecule has 1 unspecified atom stereocenters. The molecule has 0 saturated heterocycles. The Morgan fingerprint density at radius 3 is 2.50 bits per heavy atom. The fourth-order valence-electron chi connectivity index (χ4n) is 1.01. The lowest BCUT2D eigenvalue weighted by molar-refractivity contribution is -0.151. The second-order valence-electron chi connectivity index (χ2n) is 2.64. The maximum Gasteiger partial charge on any atom is 0.372 e. The smallest absolute Gasteiger partial charge is 0.372 e. The van der Waals surface area contributed by atoms with Gasteiger partial charge in [-0.1, -0.05) is 13.0 Å². The van der Waals surface area contributed by atoms with Crippen molar-refractivity contribution in [3.8, 4) is 0 Å². The first-order valence-corrected chi connectivity index (χ1v) is 4.01. The molecule has 0 aliphatic rings. The molecule has 0 radical (unpaired) electrons. The quantitative estimate of drug-likeness (QED) is 0.487. The van der Waals surface area contributed by atoms with Crippen molar-refractivity contribution < 1.29 is 14.7 Å². The Labute approximate surface area is 72.1 Å². The van der Waals surface area contributed by atoms with Crippen LogP contribution in [0.1, 0.15) is 26.2 Å². The highest BCUT2D eigenvalue weighted by Gasteiger charge is 2.21. The maximum atomic E-state index is 10.9. The second-order valence-corrected chi connectivity index (χ2v) is 2.64. The van der Waals surface area contributed by atoms with Crippen LogP contribution in [0, 0.1) is 5.92 Å². The molecular weight excluding hydrogens is 156 g/mol. The fourth-order valence-corrected chi connectivity index (χ4v) is 1.01. The number of aliphatic carboxylic acids is 1. The lowest BCUT2D eigenvalue weighted by Gasteiger charge is -2.08. The van der Waals surface area contributed by atoms with Crippen LogP contribution < -0.4 is 0 Å². The van der Waals surface area contributed by atoms with Crippen LogP contribution in [0.2, 0.25) is 0 Å². The van der Waals surface area contributed by atoms with Gasteiger partial charge in [0.25, 0.3) is 0 Å². The van der Waals surface area contributed by atoms with Crippen molar-refractivity contribution in [3.05, 3.63) is 12.7 Å². The van der Waals surface area contributed by atoms with Gasteiger partial charge in [-0.3, -0.25) is 4.79 Å². The van der Waals surface area contributed by atoms with E-state index in [4.69, 9.17) is 5.11 Å². The number of carbonyl (C=O) groups excluding carboxylic acids is 1. The molecule has 0 aromatic rings. The van der Waals surface area contributed by atoms with Crippen LogP contribution in [0.15, 0.2) is 12.7 Å². The summed E-state index contributed by atoms with van der Waals surface area (Å²) in [7, 11) is 0. The maximum absolute atomic E-state index is 10.9. The summed E-state index contributed by atoms with van der Waals surface area (Å²) in [5, 5.41) is 8.41. The second kappa shape index (κ2) is 5.52. The van der Waals surface area contributed by atoms with Gasteiger partial charge in [0.15, 0.2) is 0 Å². The van der Waals surface area contributed by atoms with E-state index in [-0.39, 0.29) is 5.92 Å². The molecule has 0 spiro atoms. The van der Waals surface area contributed by atoms with Crippen molar-refractivity contribution in [2.45, 2.75) is 26.2 Å². The molecule has 1 N–H and O–H groups in total. The van der Waals surface area contributed by atoms with Crippen molar-refractivity contribution in [2.24, 2.45) is 5.92 Å². The standard InChI is InChI=1S/C9H14O3/c1-3-5-6-7(4-2)8(10)9(11)12/h3,7H,1,4-6H2,2H3,(H,11,12). The fraction of sp³-hybridized carbons (Fsp3) is 0.556. The highest BCUT2D eigenvalue weighted by Crippen LogP contribution is 2.12. The van der Waals surface area contributed by atoms with E-state index in [1.165, 1.54) is 0 Å². The molecule has 0 aromatic carbocycles. The minimum atomic E-state index is -1.33. The lowest BCUT2D eigenvalue weighted by atomic mass is 9.95. The number of carboxylic acid groups (broad SMARTS) is 1. The average molecular weight is 170 g/mol. The van der Waals surface area contributed by atoms with Crippen LogP contribution in [0.4, 0.5) is 0 Å². The molecule has 0 fully saturated rings. The third-order valence-corrected chi connectivity index (χ3v) is 1.79. The number of ketones is 1. The van der Waals surface area contributed by atoms with E-state index in [1.54, 1.807) is 6.08 Å². The number of Topliss-reactive ketones (excluding diaryl/α,β-unsaturated/α-hetero) is 1. The summed E-state index contributed by atoms with van der Waals surface area (Å²) in [6.45, 7) is 5.33. The van der Waals surface area contributed by atoms with Crippen molar-refractivity contribution >= 4 is 11.8 Å². The summed E-state index contributed by atoms with van der Waals surface area (Å²) in [6, 6.07) is 0. The minimum absolute atomic E-state index is 0.347. The zero-order chi connectivity index (χ0) is 9.56. The Kier molecular flexibility index (Phi) is 5.00. The van der Waals surface area contributed by atoms with E-state index in [1.807, 2.05) is 6.92 Å². The van der Waals surface area contributed by atoms with Gasteiger partial charge in [-0.2, -0.15) is 0 Å². The van der Waals surface area contributed by atoms with Crippen LogP contribution in [-0.2, 0) is 9.59 Å². The van der Waals surface area contributed by atoms with E-state index in [9.17, 15) is 9.59 Å². The predicted molar refractivity (Wildman–Crippen MR) is 45.9 cm³/mol. The highest BCUT2D eigenvalue weighted by atomic mass is 16.4. The van der Waals surface area contributed by atoms with Crippen LogP contribution in [0.5, 0.6) is 0 Å². The van der Waals surface area contributed by atoms with Gasteiger partial charge in [0.1, 0.15) is 0 Å².